The summed E-state index contributed by atoms with van der Waals surface area (Å²) in [6.45, 7) is 2.72. The van der Waals surface area contributed by atoms with Crippen molar-refractivity contribution in [2.24, 2.45) is 4.99 Å². The van der Waals surface area contributed by atoms with Gasteiger partial charge in [-0.3, -0.25) is 5.01 Å². The first-order valence-electron chi connectivity index (χ1n) is 5.55. The van der Waals surface area contributed by atoms with Gasteiger partial charge in [-0.1, -0.05) is 0 Å². The fraction of sp³-hybridized carbons (Fsp3) is 0.500. The highest BCUT2D eigenvalue weighted by Gasteiger charge is 2.31. The maximum atomic E-state index is 11.1. The number of aliphatic imine (C=N–C) groups is 1. The van der Waals surface area contributed by atoms with Gasteiger partial charge in [0.25, 0.3) is 0 Å². The number of hydrogen-bond donors (Lipinski definition) is 3. The molecule has 2 aliphatic heterocycles. The Hall–Kier alpha value is -1.93. The first-order valence-corrected chi connectivity index (χ1v) is 5.55. The monoisotopic (exact) mass is 254 g/mol. The van der Waals surface area contributed by atoms with E-state index in [1.165, 1.54) is 11.2 Å². The van der Waals surface area contributed by atoms with Crippen LogP contribution in [0.3, 0.4) is 0 Å². The zero-order valence-electron chi connectivity index (χ0n) is 9.61. The van der Waals surface area contributed by atoms with Gasteiger partial charge in [0.15, 0.2) is 11.7 Å². The molecule has 8 nitrogen and oxygen atoms in total. The highest BCUT2D eigenvalue weighted by molar-refractivity contribution is 5.97. The molecule has 2 heterocycles. The number of rotatable bonds is 3. The zero-order chi connectivity index (χ0) is 13.1. The van der Waals surface area contributed by atoms with Crippen LogP contribution in [0.1, 0.15) is 0 Å². The third kappa shape index (κ3) is 2.49. The molecule has 0 bridgehead atoms. The second kappa shape index (κ2) is 5.15. The van der Waals surface area contributed by atoms with Gasteiger partial charge >= 0.3 is 11.9 Å². The molecule has 98 valence electrons. The Morgan fingerprint density at radius 1 is 1.33 bits per heavy atom. The summed E-state index contributed by atoms with van der Waals surface area (Å²) in [7, 11) is 0. The molecular weight excluding hydrogens is 240 g/mol. The van der Waals surface area contributed by atoms with Crippen molar-refractivity contribution in [3.63, 3.8) is 0 Å². The summed E-state index contributed by atoms with van der Waals surface area (Å²) >= 11 is 0. The second-order valence-corrected chi connectivity index (χ2v) is 3.96. The van der Waals surface area contributed by atoms with E-state index in [-0.39, 0.29) is 5.70 Å². The van der Waals surface area contributed by atoms with Crippen LogP contribution in [0.15, 0.2) is 16.9 Å². The van der Waals surface area contributed by atoms with Gasteiger partial charge in [-0.15, -0.1) is 0 Å². The Morgan fingerprint density at radius 2 is 2.00 bits per heavy atom. The van der Waals surface area contributed by atoms with E-state index in [2.05, 4.69) is 10.3 Å². The molecular formula is C10H14N4O4. The van der Waals surface area contributed by atoms with Gasteiger partial charge in [-0.05, 0) is 0 Å². The van der Waals surface area contributed by atoms with Gasteiger partial charge in [0.1, 0.15) is 0 Å². The van der Waals surface area contributed by atoms with E-state index in [1.807, 2.05) is 5.01 Å². The van der Waals surface area contributed by atoms with Crippen LogP contribution in [0, 0.1) is 0 Å². The smallest absolute Gasteiger partial charge is 0.356 e. The average Bonchev–Trinajstić information content (AvgIpc) is 2.39. The maximum absolute atomic E-state index is 11.1. The Bertz CT molecular complexity index is 414. The molecule has 1 unspecified atom stereocenters. The summed E-state index contributed by atoms with van der Waals surface area (Å²) in [6.07, 6.45) is 2.42. The van der Waals surface area contributed by atoms with Crippen molar-refractivity contribution in [1.82, 2.24) is 15.3 Å². The average molecular weight is 254 g/mol. The molecule has 2 rings (SSSR count). The summed E-state index contributed by atoms with van der Waals surface area (Å²) in [5.74, 6) is -2.23. The van der Waals surface area contributed by atoms with Crippen molar-refractivity contribution in [2.45, 2.75) is 6.04 Å². The number of nitrogens with one attached hydrogen (secondary N) is 1. The van der Waals surface area contributed by atoms with Crippen molar-refractivity contribution in [2.75, 3.05) is 26.2 Å². The van der Waals surface area contributed by atoms with Crippen LogP contribution in [0.4, 0.5) is 0 Å². The van der Waals surface area contributed by atoms with E-state index in [0.29, 0.717) is 13.1 Å². The number of nitrogens with zero attached hydrogens (tertiary/aromatic N) is 3. The lowest BCUT2D eigenvalue weighted by Gasteiger charge is -2.40. The van der Waals surface area contributed by atoms with E-state index in [1.54, 1.807) is 0 Å². The first-order chi connectivity index (χ1) is 8.59. The van der Waals surface area contributed by atoms with Crippen LogP contribution in [0.25, 0.3) is 0 Å². The Labute approximate surface area is 103 Å². The molecule has 3 N–H and O–H groups in total. The Morgan fingerprint density at radius 3 is 2.56 bits per heavy atom. The van der Waals surface area contributed by atoms with Gasteiger partial charge in [-0.2, -0.15) is 0 Å². The number of piperazine rings is 1. The van der Waals surface area contributed by atoms with Crippen LogP contribution in [0.2, 0.25) is 0 Å². The van der Waals surface area contributed by atoms with E-state index in [0.717, 1.165) is 19.3 Å². The molecule has 2 aliphatic rings. The SMILES string of the molecule is O=C(O)C1=CN(N2CCNCC2)C(C(=O)O)C=N1. The third-order valence-electron chi connectivity index (χ3n) is 2.79. The van der Waals surface area contributed by atoms with Crippen molar-refractivity contribution in [1.29, 1.82) is 0 Å². The Balaban J connectivity index is 2.22. The highest BCUT2D eigenvalue weighted by Crippen LogP contribution is 2.14. The number of carboxylic acid groups (broad SMARTS) is 2. The molecule has 1 saturated heterocycles. The van der Waals surface area contributed by atoms with E-state index in [4.69, 9.17) is 10.2 Å². The summed E-state index contributed by atoms with van der Waals surface area (Å²) in [5.41, 5.74) is -0.161. The molecule has 18 heavy (non-hydrogen) atoms. The third-order valence-corrected chi connectivity index (χ3v) is 2.79. The number of aliphatic carboxylic acids is 2. The zero-order valence-corrected chi connectivity index (χ0v) is 9.61. The highest BCUT2D eigenvalue weighted by atomic mass is 16.4. The molecule has 0 aliphatic carbocycles. The molecule has 0 saturated carbocycles. The fourth-order valence-corrected chi connectivity index (χ4v) is 1.89. The number of carboxylic acids is 2. The molecule has 0 aromatic heterocycles. The molecule has 0 aromatic rings. The number of hydrogen-bond acceptors (Lipinski definition) is 6. The lowest BCUT2D eigenvalue weighted by atomic mass is 10.2. The van der Waals surface area contributed by atoms with Crippen molar-refractivity contribution in [3.8, 4) is 0 Å². The fourth-order valence-electron chi connectivity index (χ4n) is 1.89. The number of carbonyl (C=O) groups is 2. The maximum Gasteiger partial charge on any atom is 0.356 e. The molecule has 1 fully saturated rings. The van der Waals surface area contributed by atoms with E-state index in [9.17, 15) is 9.59 Å². The summed E-state index contributed by atoms with van der Waals surface area (Å²) < 4.78 is 0. The predicted octanol–water partition coefficient (Wildman–Crippen LogP) is -1.43. The van der Waals surface area contributed by atoms with E-state index >= 15 is 0 Å². The quantitative estimate of drug-likeness (QED) is 0.567. The van der Waals surface area contributed by atoms with Gasteiger partial charge in [0, 0.05) is 32.4 Å². The summed E-state index contributed by atoms with van der Waals surface area (Å²) in [5, 5.41) is 24.4. The first kappa shape index (κ1) is 12.5. The molecule has 0 amide bonds. The normalized spacial score (nSPS) is 24.8. The minimum absolute atomic E-state index is 0.161. The summed E-state index contributed by atoms with van der Waals surface area (Å²) in [4.78, 5) is 25.7. The molecule has 0 spiro atoms. The number of hydrazine groups is 1. The van der Waals surface area contributed by atoms with Crippen molar-refractivity contribution < 1.29 is 19.8 Å². The van der Waals surface area contributed by atoms with Crippen LogP contribution < -0.4 is 5.32 Å². The summed E-state index contributed by atoms with van der Waals surface area (Å²) in [6, 6.07) is -0.953. The van der Waals surface area contributed by atoms with Crippen molar-refractivity contribution >= 4 is 18.2 Å². The van der Waals surface area contributed by atoms with Crippen LogP contribution in [-0.2, 0) is 9.59 Å². The van der Waals surface area contributed by atoms with Gasteiger partial charge in [0.05, 0.1) is 6.20 Å². The van der Waals surface area contributed by atoms with Crippen LogP contribution >= 0.6 is 0 Å². The predicted molar refractivity (Wildman–Crippen MR) is 61.9 cm³/mol. The standard InChI is InChI=1S/C10H14N4O4/c15-9(16)7-6-14(8(5-12-7)10(17)18)13-3-1-11-2-4-13/h5-6,8,11H,1-4H2,(H,15,16)(H,17,18). The largest absolute Gasteiger partial charge is 0.479 e. The molecule has 0 radical (unpaired) electrons. The molecule has 1 atom stereocenters. The minimum Gasteiger partial charge on any atom is -0.479 e. The van der Waals surface area contributed by atoms with E-state index < -0.39 is 18.0 Å². The van der Waals surface area contributed by atoms with Crippen molar-refractivity contribution in [3.05, 3.63) is 11.9 Å². The Kier molecular flexibility index (Phi) is 3.58. The van der Waals surface area contributed by atoms with Gasteiger partial charge < -0.3 is 15.5 Å². The lowest BCUT2D eigenvalue weighted by molar-refractivity contribution is -0.146. The van der Waals surface area contributed by atoms with Gasteiger partial charge in [0.2, 0.25) is 0 Å². The molecule has 0 aromatic carbocycles. The second-order valence-electron chi connectivity index (χ2n) is 3.96. The topological polar surface area (TPSA) is 105 Å². The lowest BCUT2D eigenvalue weighted by Crippen LogP contribution is -2.57. The van der Waals surface area contributed by atoms with Crippen LogP contribution in [-0.4, -0.2) is 70.6 Å². The van der Waals surface area contributed by atoms with Gasteiger partial charge in [-0.25, -0.2) is 19.6 Å². The minimum atomic E-state index is -1.17. The van der Waals surface area contributed by atoms with Crippen LogP contribution in [0.5, 0.6) is 0 Å². The molecule has 8 heteroatoms.